The van der Waals surface area contributed by atoms with E-state index in [4.69, 9.17) is 16.3 Å². The van der Waals surface area contributed by atoms with Gasteiger partial charge in [0.05, 0.1) is 17.2 Å². The Balaban J connectivity index is 1.92. The molecule has 0 atom stereocenters. The Morgan fingerprint density at radius 3 is 2.74 bits per heavy atom. The normalized spacial score (nSPS) is 17.1. The first-order valence-corrected chi connectivity index (χ1v) is 10.1. The van der Waals surface area contributed by atoms with Gasteiger partial charge in [0, 0.05) is 17.1 Å². The van der Waals surface area contributed by atoms with E-state index >= 15 is 0 Å². The van der Waals surface area contributed by atoms with Crippen LogP contribution in [0, 0.1) is 0 Å². The zero-order valence-electron chi connectivity index (χ0n) is 15.3. The molecule has 3 rings (SSSR count). The van der Waals surface area contributed by atoms with E-state index in [9.17, 15) is 4.79 Å². The lowest BCUT2D eigenvalue weighted by Gasteiger charge is -2.12. The molecule has 0 N–H and O–H groups in total. The van der Waals surface area contributed by atoms with E-state index in [0.717, 1.165) is 23.4 Å². The topological polar surface area (TPSA) is 41.9 Å². The van der Waals surface area contributed by atoms with Crippen LogP contribution < -0.4 is 4.74 Å². The fourth-order valence-electron chi connectivity index (χ4n) is 2.61. The van der Waals surface area contributed by atoms with E-state index in [2.05, 4.69) is 11.9 Å². The highest BCUT2D eigenvalue weighted by atomic mass is 35.5. The summed E-state index contributed by atoms with van der Waals surface area (Å²) in [5.41, 5.74) is 1.62. The number of hydrogen-bond acceptors (Lipinski definition) is 4. The average Bonchev–Trinajstić information content (AvgIpc) is 2.95. The van der Waals surface area contributed by atoms with Gasteiger partial charge in [-0.1, -0.05) is 42.8 Å². The van der Waals surface area contributed by atoms with Crippen molar-refractivity contribution in [3.63, 3.8) is 0 Å². The van der Waals surface area contributed by atoms with Gasteiger partial charge in [-0.2, -0.15) is 0 Å². The minimum atomic E-state index is -0.0476. The summed E-state index contributed by atoms with van der Waals surface area (Å²) in [6.07, 6.45) is 2.81. The highest BCUT2D eigenvalue weighted by Gasteiger charge is 2.32. The van der Waals surface area contributed by atoms with E-state index < -0.39 is 0 Å². The number of aliphatic imine (C=N–C) groups is 1. The number of rotatable bonds is 6. The molecule has 1 aliphatic rings. The SMILES string of the molecule is CCCOc1ccccc1/C=C1/SC(=Nc2cccc(Cl)c2)N(CC)C1=O. The number of benzene rings is 2. The summed E-state index contributed by atoms with van der Waals surface area (Å²) in [6, 6.07) is 15.0. The monoisotopic (exact) mass is 400 g/mol. The lowest BCUT2D eigenvalue weighted by atomic mass is 10.2. The third-order valence-electron chi connectivity index (χ3n) is 3.90. The van der Waals surface area contributed by atoms with Crippen molar-refractivity contribution in [2.24, 2.45) is 4.99 Å². The van der Waals surface area contributed by atoms with Crippen molar-refractivity contribution in [3.05, 3.63) is 64.0 Å². The first-order valence-electron chi connectivity index (χ1n) is 8.90. The van der Waals surface area contributed by atoms with Crippen molar-refractivity contribution >= 4 is 46.2 Å². The molecule has 2 aromatic carbocycles. The van der Waals surface area contributed by atoms with Crippen molar-refractivity contribution in [2.45, 2.75) is 20.3 Å². The second-order valence-corrected chi connectivity index (χ2v) is 7.37. The maximum Gasteiger partial charge on any atom is 0.266 e. The molecule has 0 bridgehead atoms. The van der Waals surface area contributed by atoms with Crippen LogP contribution in [0.25, 0.3) is 6.08 Å². The standard InChI is InChI=1S/C21H21ClN2O2S/c1-3-12-26-18-11-6-5-8-15(18)13-19-20(25)24(4-2)21(27-19)23-17-10-7-9-16(22)14-17/h5-11,13-14H,3-4,12H2,1-2H3/b19-13+,23-21?. The van der Waals surface area contributed by atoms with Gasteiger partial charge in [-0.25, -0.2) is 4.99 Å². The molecule has 1 amide bonds. The molecular formula is C21H21ClN2O2S. The predicted molar refractivity (Wildman–Crippen MR) is 114 cm³/mol. The van der Waals surface area contributed by atoms with E-state index in [-0.39, 0.29) is 5.91 Å². The number of nitrogens with zero attached hydrogens (tertiary/aromatic N) is 2. The Kier molecular flexibility index (Phi) is 6.58. The number of ether oxygens (including phenoxy) is 1. The molecule has 27 heavy (non-hydrogen) atoms. The molecule has 1 saturated heterocycles. The summed E-state index contributed by atoms with van der Waals surface area (Å²) >= 11 is 7.41. The van der Waals surface area contributed by atoms with Crippen LogP contribution in [0.3, 0.4) is 0 Å². The number of thioether (sulfide) groups is 1. The number of likely N-dealkylation sites (N-methyl/N-ethyl adjacent to an activating group) is 1. The molecular weight excluding hydrogens is 380 g/mol. The Morgan fingerprint density at radius 2 is 2.00 bits per heavy atom. The molecule has 0 aromatic heterocycles. The number of para-hydroxylation sites is 1. The van der Waals surface area contributed by atoms with Crippen molar-refractivity contribution in [1.82, 2.24) is 4.90 Å². The van der Waals surface area contributed by atoms with Crippen LogP contribution in [0.15, 0.2) is 58.4 Å². The molecule has 0 spiro atoms. The van der Waals surface area contributed by atoms with Crippen LogP contribution >= 0.6 is 23.4 Å². The fraction of sp³-hybridized carbons (Fsp3) is 0.238. The molecule has 4 nitrogen and oxygen atoms in total. The molecule has 0 unspecified atom stereocenters. The molecule has 2 aromatic rings. The molecule has 140 valence electrons. The number of amidine groups is 1. The highest BCUT2D eigenvalue weighted by Crippen LogP contribution is 2.35. The molecule has 0 aliphatic carbocycles. The van der Waals surface area contributed by atoms with Gasteiger partial charge in [0.1, 0.15) is 5.75 Å². The zero-order valence-corrected chi connectivity index (χ0v) is 16.9. The third-order valence-corrected chi connectivity index (χ3v) is 5.15. The largest absolute Gasteiger partial charge is 0.493 e. The van der Waals surface area contributed by atoms with Gasteiger partial charge in [-0.15, -0.1) is 0 Å². The number of carbonyl (C=O) groups is 1. The van der Waals surface area contributed by atoms with E-state index in [1.165, 1.54) is 11.8 Å². The van der Waals surface area contributed by atoms with Gasteiger partial charge in [0.2, 0.25) is 0 Å². The number of carbonyl (C=O) groups excluding carboxylic acids is 1. The van der Waals surface area contributed by atoms with Gasteiger partial charge in [-0.3, -0.25) is 9.69 Å². The van der Waals surface area contributed by atoms with Crippen molar-refractivity contribution in [1.29, 1.82) is 0 Å². The summed E-state index contributed by atoms with van der Waals surface area (Å²) < 4.78 is 5.80. The lowest BCUT2D eigenvalue weighted by Crippen LogP contribution is -2.28. The summed E-state index contributed by atoms with van der Waals surface area (Å²) in [5.74, 6) is 0.733. The maximum absolute atomic E-state index is 12.8. The van der Waals surface area contributed by atoms with Crippen LogP contribution in [0.2, 0.25) is 5.02 Å². The Bertz CT molecular complexity index is 895. The Hall–Kier alpha value is -2.24. The quantitative estimate of drug-likeness (QED) is 0.579. The van der Waals surface area contributed by atoms with E-state index in [1.807, 2.05) is 49.4 Å². The van der Waals surface area contributed by atoms with Gasteiger partial charge in [0.25, 0.3) is 5.91 Å². The van der Waals surface area contributed by atoms with Crippen LogP contribution in [0.4, 0.5) is 5.69 Å². The van der Waals surface area contributed by atoms with Crippen LogP contribution in [0.1, 0.15) is 25.8 Å². The smallest absolute Gasteiger partial charge is 0.266 e. The van der Waals surface area contributed by atoms with Crippen LogP contribution in [-0.4, -0.2) is 29.1 Å². The van der Waals surface area contributed by atoms with Gasteiger partial charge in [0.15, 0.2) is 5.17 Å². The summed E-state index contributed by atoms with van der Waals surface area (Å²) in [5, 5.41) is 1.27. The van der Waals surface area contributed by atoms with Gasteiger partial charge < -0.3 is 4.74 Å². The zero-order chi connectivity index (χ0) is 19.2. The van der Waals surface area contributed by atoms with Gasteiger partial charge in [-0.05, 0) is 55.4 Å². The molecule has 0 saturated carbocycles. The first-order chi connectivity index (χ1) is 13.1. The number of hydrogen-bond donors (Lipinski definition) is 0. The second-order valence-electron chi connectivity index (χ2n) is 5.92. The second kappa shape index (κ2) is 9.11. The molecule has 1 fully saturated rings. The first kappa shape index (κ1) is 19.5. The van der Waals surface area contributed by atoms with E-state index in [0.29, 0.717) is 28.2 Å². The predicted octanol–water partition coefficient (Wildman–Crippen LogP) is 5.75. The molecule has 0 radical (unpaired) electrons. The summed E-state index contributed by atoms with van der Waals surface area (Å²) in [4.78, 5) is 19.7. The summed E-state index contributed by atoms with van der Waals surface area (Å²) in [6.45, 7) is 5.20. The number of halogens is 1. The highest BCUT2D eigenvalue weighted by molar-refractivity contribution is 8.18. The minimum absolute atomic E-state index is 0.0476. The number of amides is 1. The molecule has 1 heterocycles. The van der Waals surface area contributed by atoms with Crippen LogP contribution in [0.5, 0.6) is 5.75 Å². The minimum Gasteiger partial charge on any atom is -0.493 e. The maximum atomic E-state index is 12.8. The van der Waals surface area contributed by atoms with Gasteiger partial charge >= 0.3 is 0 Å². The Labute approximate surface area is 168 Å². The van der Waals surface area contributed by atoms with E-state index in [1.54, 1.807) is 17.0 Å². The van der Waals surface area contributed by atoms with Crippen molar-refractivity contribution in [2.75, 3.05) is 13.2 Å². The lowest BCUT2D eigenvalue weighted by molar-refractivity contribution is -0.122. The Morgan fingerprint density at radius 1 is 1.19 bits per heavy atom. The average molecular weight is 401 g/mol. The molecule has 1 aliphatic heterocycles. The van der Waals surface area contributed by atoms with Crippen molar-refractivity contribution in [3.8, 4) is 5.75 Å². The third kappa shape index (κ3) is 4.73. The van der Waals surface area contributed by atoms with Crippen LogP contribution in [-0.2, 0) is 4.79 Å². The fourth-order valence-corrected chi connectivity index (χ4v) is 3.85. The van der Waals surface area contributed by atoms with Crippen molar-refractivity contribution < 1.29 is 9.53 Å². The molecule has 6 heteroatoms. The summed E-state index contributed by atoms with van der Waals surface area (Å²) in [7, 11) is 0.